The molecule has 0 unspecified atom stereocenters. The van der Waals surface area contributed by atoms with Gasteiger partial charge in [0, 0.05) is 5.56 Å². The number of ether oxygens (including phenoxy) is 1. The molecule has 122 valence electrons. The molecule has 1 aliphatic carbocycles. The lowest BCUT2D eigenvalue weighted by atomic mass is 9.83. The normalized spacial score (nSPS) is 19.1. The second kappa shape index (κ2) is 5.67. The Kier molecular flexibility index (Phi) is 3.49. The Bertz CT molecular complexity index is 855. The topological polar surface area (TPSA) is 59.6 Å². The molecule has 4 nitrogen and oxygen atoms in total. The van der Waals surface area contributed by atoms with Gasteiger partial charge in [-0.05, 0) is 53.8 Å². The summed E-state index contributed by atoms with van der Waals surface area (Å²) in [6, 6.07) is 12.4. The van der Waals surface area contributed by atoms with Crippen LogP contribution in [0.4, 0.5) is 4.39 Å². The van der Waals surface area contributed by atoms with Crippen molar-refractivity contribution in [1.29, 1.82) is 0 Å². The van der Waals surface area contributed by atoms with E-state index in [1.54, 1.807) is 19.2 Å². The minimum absolute atomic E-state index is 0.179. The lowest BCUT2D eigenvalue weighted by molar-refractivity contribution is 0.414. The molecular weight excluding hydrogens is 305 g/mol. The van der Waals surface area contributed by atoms with E-state index < -0.39 is 0 Å². The maximum Gasteiger partial charge on any atom is 0.194 e. The van der Waals surface area contributed by atoms with Crippen molar-refractivity contribution in [3.8, 4) is 5.75 Å². The van der Waals surface area contributed by atoms with Gasteiger partial charge in [0.15, 0.2) is 5.96 Å². The van der Waals surface area contributed by atoms with E-state index in [4.69, 9.17) is 10.5 Å². The summed E-state index contributed by atoms with van der Waals surface area (Å²) in [5.41, 5.74) is 11.5. The Morgan fingerprint density at radius 3 is 2.71 bits per heavy atom. The summed E-state index contributed by atoms with van der Waals surface area (Å²) >= 11 is 0. The van der Waals surface area contributed by atoms with E-state index in [1.807, 2.05) is 12.1 Å². The van der Waals surface area contributed by atoms with Crippen LogP contribution in [0.1, 0.15) is 29.2 Å². The van der Waals surface area contributed by atoms with Crippen molar-refractivity contribution in [2.75, 3.05) is 7.11 Å². The zero-order valence-electron chi connectivity index (χ0n) is 13.3. The highest BCUT2D eigenvalue weighted by Gasteiger charge is 2.29. The Balaban J connectivity index is 1.83. The second-order valence-corrected chi connectivity index (χ2v) is 6.02. The molecule has 0 aromatic heterocycles. The smallest absolute Gasteiger partial charge is 0.194 e. The number of nitrogens with one attached hydrogen (secondary N) is 1. The molecule has 0 saturated carbocycles. The molecule has 0 radical (unpaired) electrons. The predicted octanol–water partition coefficient (Wildman–Crippen LogP) is 3.15. The van der Waals surface area contributed by atoms with E-state index in [0.717, 1.165) is 35.4 Å². The first-order valence-corrected chi connectivity index (χ1v) is 7.92. The minimum Gasteiger partial charge on any atom is -0.497 e. The average Bonchev–Trinajstić information content (AvgIpc) is 2.61. The van der Waals surface area contributed by atoms with Gasteiger partial charge in [0.2, 0.25) is 0 Å². The molecule has 0 fully saturated rings. The molecule has 0 spiro atoms. The lowest BCUT2D eigenvalue weighted by Crippen LogP contribution is -2.37. The van der Waals surface area contributed by atoms with E-state index in [9.17, 15) is 4.39 Å². The van der Waals surface area contributed by atoms with Crippen LogP contribution in [0.25, 0.3) is 5.70 Å². The first-order valence-electron chi connectivity index (χ1n) is 7.92. The van der Waals surface area contributed by atoms with Crippen LogP contribution >= 0.6 is 0 Å². The largest absolute Gasteiger partial charge is 0.497 e. The molecule has 0 bridgehead atoms. The van der Waals surface area contributed by atoms with E-state index in [-0.39, 0.29) is 11.9 Å². The maximum atomic E-state index is 13.2. The average molecular weight is 323 g/mol. The number of methoxy groups -OCH3 is 1. The van der Waals surface area contributed by atoms with Gasteiger partial charge >= 0.3 is 0 Å². The molecule has 2 aliphatic rings. The van der Waals surface area contributed by atoms with Crippen molar-refractivity contribution < 1.29 is 9.13 Å². The van der Waals surface area contributed by atoms with Gasteiger partial charge in [0.1, 0.15) is 17.6 Å². The Morgan fingerprint density at radius 2 is 1.96 bits per heavy atom. The Morgan fingerprint density at radius 1 is 1.17 bits per heavy atom. The summed E-state index contributed by atoms with van der Waals surface area (Å²) in [4.78, 5) is 4.55. The lowest BCUT2D eigenvalue weighted by Gasteiger charge is -2.32. The van der Waals surface area contributed by atoms with Crippen molar-refractivity contribution in [3.63, 3.8) is 0 Å². The van der Waals surface area contributed by atoms with Crippen LogP contribution in [0, 0.1) is 5.82 Å². The number of nitrogens with zero attached hydrogens (tertiary/aromatic N) is 1. The third kappa shape index (κ3) is 2.42. The van der Waals surface area contributed by atoms with Gasteiger partial charge in [-0.25, -0.2) is 9.38 Å². The highest BCUT2D eigenvalue weighted by Crippen LogP contribution is 2.41. The van der Waals surface area contributed by atoms with Gasteiger partial charge < -0.3 is 15.8 Å². The number of halogens is 1. The Labute approximate surface area is 139 Å². The van der Waals surface area contributed by atoms with Gasteiger partial charge in [-0.15, -0.1) is 0 Å². The summed E-state index contributed by atoms with van der Waals surface area (Å²) in [5, 5.41) is 3.21. The number of benzene rings is 2. The number of guanidine groups is 1. The van der Waals surface area contributed by atoms with Crippen LogP contribution < -0.4 is 15.8 Å². The van der Waals surface area contributed by atoms with Crippen molar-refractivity contribution in [3.05, 3.63) is 70.5 Å². The SMILES string of the molecule is COc1ccc2c(c1)C1=C(CC2)[C@H](c2ccc(F)cc2)N=C(N)N1. The summed E-state index contributed by atoms with van der Waals surface area (Å²) in [5.74, 6) is 0.931. The molecule has 1 aliphatic heterocycles. The van der Waals surface area contributed by atoms with Crippen molar-refractivity contribution in [1.82, 2.24) is 5.32 Å². The van der Waals surface area contributed by atoms with E-state index >= 15 is 0 Å². The minimum atomic E-state index is -0.252. The van der Waals surface area contributed by atoms with Crippen LogP contribution in [-0.4, -0.2) is 13.1 Å². The molecule has 1 heterocycles. The fraction of sp³-hybridized carbons (Fsp3) is 0.211. The fourth-order valence-electron chi connectivity index (χ4n) is 3.42. The number of rotatable bonds is 2. The standard InChI is InChI=1S/C19H18FN3O/c1-24-14-8-4-11-5-9-15-17(12-2-6-13(20)7-3-12)22-19(21)23-18(15)16(11)10-14/h2-4,6-8,10,17H,5,9H2,1H3,(H3,21,22,23)/t17-/m0/s1. The molecule has 4 rings (SSSR count). The number of aliphatic imine (C=N–C) groups is 1. The quantitative estimate of drug-likeness (QED) is 0.892. The third-order valence-corrected chi connectivity index (χ3v) is 4.61. The molecule has 2 aromatic rings. The number of fused-ring (bicyclic) bond motifs is 2. The molecule has 2 aromatic carbocycles. The van der Waals surface area contributed by atoms with Gasteiger partial charge in [-0.2, -0.15) is 0 Å². The molecule has 0 amide bonds. The van der Waals surface area contributed by atoms with E-state index in [1.165, 1.54) is 23.3 Å². The van der Waals surface area contributed by atoms with Crippen molar-refractivity contribution in [2.45, 2.75) is 18.9 Å². The van der Waals surface area contributed by atoms with E-state index in [0.29, 0.717) is 5.96 Å². The third-order valence-electron chi connectivity index (χ3n) is 4.61. The zero-order chi connectivity index (χ0) is 16.7. The molecule has 24 heavy (non-hydrogen) atoms. The fourth-order valence-corrected chi connectivity index (χ4v) is 3.42. The molecule has 0 saturated heterocycles. The van der Waals surface area contributed by atoms with Crippen LogP contribution in [0.3, 0.4) is 0 Å². The molecule has 3 N–H and O–H groups in total. The number of hydrogen-bond donors (Lipinski definition) is 2. The van der Waals surface area contributed by atoms with Crippen LogP contribution in [0.5, 0.6) is 5.75 Å². The summed E-state index contributed by atoms with van der Waals surface area (Å²) in [6.45, 7) is 0. The first kappa shape index (κ1) is 14.8. The number of nitrogens with two attached hydrogens (primary N) is 1. The molecule has 1 atom stereocenters. The molecule has 5 heteroatoms. The van der Waals surface area contributed by atoms with Crippen LogP contribution in [0.2, 0.25) is 0 Å². The highest BCUT2D eigenvalue weighted by atomic mass is 19.1. The summed E-state index contributed by atoms with van der Waals surface area (Å²) < 4.78 is 18.6. The molecular formula is C19H18FN3O. The van der Waals surface area contributed by atoms with Gasteiger partial charge in [-0.3, -0.25) is 0 Å². The van der Waals surface area contributed by atoms with Gasteiger partial charge in [0.05, 0.1) is 12.8 Å². The van der Waals surface area contributed by atoms with Crippen molar-refractivity contribution in [2.24, 2.45) is 10.7 Å². The summed E-state index contributed by atoms with van der Waals surface area (Å²) in [6.07, 6.45) is 1.83. The van der Waals surface area contributed by atoms with Gasteiger partial charge in [-0.1, -0.05) is 18.2 Å². The maximum absolute atomic E-state index is 13.2. The van der Waals surface area contributed by atoms with Crippen molar-refractivity contribution >= 4 is 11.7 Å². The van der Waals surface area contributed by atoms with Crippen LogP contribution in [-0.2, 0) is 6.42 Å². The number of aryl methyl sites for hydroxylation is 1. The summed E-state index contributed by atoms with van der Waals surface area (Å²) in [7, 11) is 1.66. The first-order chi connectivity index (χ1) is 11.7. The second-order valence-electron chi connectivity index (χ2n) is 6.02. The Hall–Kier alpha value is -2.82. The number of hydrogen-bond acceptors (Lipinski definition) is 4. The predicted molar refractivity (Wildman–Crippen MR) is 92.1 cm³/mol. The van der Waals surface area contributed by atoms with Crippen LogP contribution in [0.15, 0.2) is 53.0 Å². The highest BCUT2D eigenvalue weighted by molar-refractivity contribution is 5.93. The monoisotopic (exact) mass is 323 g/mol. The van der Waals surface area contributed by atoms with Gasteiger partial charge in [0.25, 0.3) is 0 Å². The van der Waals surface area contributed by atoms with E-state index in [2.05, 4.69) is 16.4 Å². The zero-order valence-corrected chi connectivity index (χ0v) is 13.3.